The molecule has 0 saturated carbocycles. The number of halogens is 2. The number of carbonyl (C=O) groups is 4. The molecule has 12 nitrogen and oxygen atoms in total. The molecule has 58 heavy (non-hydrogen) atoms. The highest BCUT2D eigenvalue weighted by Crippen LogP contribution is 2.33. The number of likely N-dealkylation sites (tertiary alicyclic amines) is 2. The number of amides is 4. The van der Waals surface area contributed by atoms with Gasteiger partial charge < -0.3 is 29.7 Å². The van der Waals surface area contributed by atoms with Gasteiger partial charge in [-0.15, -0.1) is 0 Å². The lowest BCUT2D eigenvalue weighted by Gasteiger charge is -2.33. The number of hydrogen-bond acceptors (Lipinski definition) is 8. The van der Waals surface area contributed by atoms with Gasteiger partial charge in [0.05, 0.1) is 57.9 Å². The molecule has 2 fully saturated rings. The molecule has 308 valence electrons. The standard InChI is InChI=1S/C22H26FN3O3.C22H25FN2O4/c1-29-21-8-4-3-7-19(21)26(22(28)25-11-5-2-6-12-25)15-17-10-9-16(13-18(17)23)20(27)14-24;1-28-20-9-5-4-8-19(20)25(22(27)24-12-6-3-7-13-24)15-17-11-10-16(14-18(17)23)21(26)29-2/h3-4,7-10,13H,2,5-6,11-12,14-15,24H2,1H3;4-5,8-11,14H,3,6-7,12-13,15H2,1-2H3. The summed E-state index contributed by atoms with van der Waals surface area (Å²) < 4.78 is 45.0. The number of hydrogen-bond donors (Lipinski definition) is 1. The summed E-state index contributed by atoms with van der Waals surface area (Å²) in [6.45, 7) is 2.57. The largest absolute Gasteiger partial charge is 0.495 e. The van der Waals surface area contributed by atoms with Crippen LogP contribution in [-0.4, -0.2) is 87.7 Å². The van der Waals surface area contributed by atoms with E-state index in [4.69, 9.17) is 15.2 Å². The van der Waals surface area contributed by atoms with Crippen molar-refractivity contribution in [2.45, 2.75) is 51.6 Å². The number of methoxy groups -OCH3 is 3. The van der Waals surface area contributed by atoms with Crippen LogP contribution < -0.4 is 25.0 Å². The summed E-state index contributed by atoms with van der Waals surface area (Å²) in [6, 6.07) is 22.4. The molecular formula is C44H51F2N5O7. The van der Waals surface area contributed by atoms with Crippen LogP contribution in [0.4, 0.5) is 29.7 Å². The zero-order valence-electron chi connectivity index (χ0n) is 33.3. The first-order chi connectivity index (χ1) is 28.1. The van der Waals surface area contributed by atoms with E-state index in [2.05, 4.69) is 4.74 Å². The molecule has 4 amide bonds. The van der Waals surface area contributed by atoms with Gasteiger partial charge in [0, 0.05) is 42.9 Å². The molecule has 2 aliphatic rings. The first-order valence-electron chi connectivity index (χ1n) is 19.4. The van der Waals surface area contributed by atoms with Crippen molar-refractivity contribution in [3.63, 3.8) is 0 Å². The third-order valence-electron chi connectivity index (χ3n) is 10.2. The number of nitrogens with two attached hydrogens (primary N) is 1. The maximum atomic E-state index is 14.7. The zero-order chi connectivity index (χ0) is 41.6. The van der Waals surface area contributed by atoms with Crippen molar-refractivity contribution in [1.29, 1.82) is 0 Å². The van der Waals surface area contributed by atoms with Crippen LogP contribution in [0.2, 0.25) is 0 Å². The maximum absolute atomic E-state index is 14.7. The molecule has 0 unspecified atom stereocenters. The van der Waals surface area contributed by atoms with Gasteiger partial charge in [0.15, 0.2) is 5.78 Å². The SMILES string of the molecule is COC(=O)c1ccc(CN(C(=O)N2CCCCC2)c2ccccc2OC)c(F)c1.COc1ccccc1N(Cc1ccc(C(=O)CN)cc1F)C(=O)N1CCCCC1. The minimum atomic E-state index is -0.610. The number of ketones is 1. The highest BCUT2D eigenvalue weighted by atomic mass is 19.1. The average molecular weight is 800 g/mol. The van der Waals surface area contributed by atoms with Crippen LogP contribution >= 0.6 is 0 Å². The molecule has 0 aliphatic carbocycles. The Morgan fingerprint density at radius 2 is 1.02 bits per heavy atom. The van der Waals surface area contributed by atoms with Crippen molar-refractivity contribution in [3.05, 3.63) is 119 Å². The molecule has 6 rings (SSSR count). The fourth-order valence-electron chi connectivity index (χ4n) is 6.96. The molecule has 2 aliphatic heterocycles. The van der Waals surface area contributed by atoms with E-state index >= 15 is 0 Å². The number of ether oxygens (including phenoxy) is 3. The number of Topliss-reactive ketones (excluding diaryl/α,β-unsaturated/α-hetero) is 1. The topological polar surface area (TPSA) is 135 Å². The van der Waals surface area contributed by atoms with E-state index in [9.17, 15) is 28.0 Å². The van der Waals surface area contributed by atoms with Crippen molar-refractivity contribution < 1.29 is 42.2 Å². The Kier molecular flexibility index (Phi) is 15.6. The van der Waals surface area contributed by atoms with Crippen LogP contribution in [0.25, 0.3) is 0 Å². The van der Waals surface area contributed by atoms with Crippen molar-refractivity contribution >= 4 is 35.2 Å². The number of rotatable bonds is 11. The summed E-state index contributed by atoms with van der Waals surface area (Å²) in [5.74, 6) is -0.990. The Morgan fingerprint density at radius 1 is 0.603 bits per heavy atom. The van der Waals surface area contributed by atoms with Crippen molar-refractivity contribution in [3.8, 4) is 11.5 Å². The zero-order valence-corrected chi connectivity index (χ0v) is 33.3. The van der Waals surface area contributed by atoms with Crippen LogP contribution in [0.5, 0.6) is 11.5 Å². The summed E-state index contributed by atoms with van der Waals surface area (Å²) in [7, 11) is 4.32. The van der Waals surface area contributed by atoms with Gasteiger partial charge in [-0.2, -0.15) is 0 Å². The number of piperidine rings is 2. The molecule has 2 N–H and O–H groups in total. The van der Waals surface area contributed by atoms with Gasteiger partial charge in [0.1, 0.15) is 23.1 Å². The average Bonchev–Trinajstić information content (AvgIpc) is 3.28. The smallest absolute Gasteiger partial charge is 0.337 e. The number of carbonyl (C=O) groups excluding carboxylic acids is 4. The maximum Gasteiger partial charge on any atom is 0.337 e. The van der Waals surface area contributed by atoms with E-state index in [-0.39, 0.29) is 48.6 Å². The quantitative estimate of drug-likeness (QED) is 0.120. The number of anilines is 2. The van der Waals surface area contributed by atoms with Crippen LogP contribution in [0.15, 0.2) is 84.9 Å². The van der Waals surface area contributed by atoms with Crippen molar-refractivity contribution in [2.24, 2.45) is 5.73 Å². The molecule has 0 bridgehead atoms. The highest BCUT2D eigenvalue weighted by Gasteiger charge is 2.29. The molecule has 0 spiro atoms. The van der Waals surface area contributed by atoms with Gasteiger partial charge in [-0.3, -0.25) is 14.6 Å². The number of benzene rings is 4. The van der Waals surface area contributed by atoms with Gasteiger partial charge in [-0.25, -0.2) is 23.2 Å². The summed E-state index contributed by atoms with van der Waals surface area (Å²) in [6.07, 6.45) is 6.01. The van der Waals surface area contributed by atoms with Crippen LogP contribution in [0.3, 0.4) is 0 Å². The molecule has 0 radical (unpaired) electrons. The Labute approximate surface area is 338 Å². The lowest BCUT2D eigenvalue weighted by Crippen LogP contribution is -2.45. The van der Waals surface area contributed by atoms with Gasteiger partial charge in [-0.05, 0) is 81.0 Å². The minimum absolute atomic E-state index is 0.0169. The second-order valence-electron chi connectivity index (χ2n) is 13.9. The van der Waals surface area contributed by atoms with E-state index in [0.717, 1.165) is 44.6 Å². The van der Waals surface area contributed by atoms with Gasteiger partial charge in [-0.1, -0.05) is 42.5 Å². The van der Waals surface area contributed by atoms with Crippen LogP contribution in [0.1, 0.15) is 70.4 Å². The van der Waals surface area contributed by atoms with E-state index < -0.39 is 17.6 Å². The fraction of sp³-hybridized carbons (Fsp3) is 0.364. The number of urea groups is 2. The monoisotopic (exact) mass is 799 g/mol. The van der Waals surface area contributed by atoms with Crippen molar-refractivity contribution in [2.75, 3.05) is 63.9 Å². The van der Waals surface area contributed by atoms with E-state index in [1.807, 2.05) is 24.3 Å². The Morgan fingerprint density at radius 3 is 1.41 bits per heavy atom. The second-order valence-corrected chi connectivity index (χ2v) is 13.9. The highest BCUT2D eigenvalue weighted by molar-refractivity contribution is 5.98. The first kappa shape index (κ1) is 43.1. The molecular weight excluding hydrogens is 749 g/mol. The number of para-hydroxylation sites is 4. The van der Waals surface area contributed by atoms with Gasteiger partial charge in [0.2, 0.25) is 0 Å². The number of nitrogens with zero attached hydrogens (tertiary/aromatic N) is 4. The molecule has 2 saturated heterocycles. The summed E-state index contributed by atoms with van der Waals surface area (Å²) in [5, 5.41) is 0. The number of esters is 1. The molecule has 4 aromatic rings. The predicted octanol–water partition coefficient (Wildman–Crippen LogP) is 7.82. The Balaban J connectivity index is 0.000000221. The predicted molar refractivity (Wildman–Crippen MR) is 218 cm³/mol. The molecule has 0 atom stereocenters. The van der Waals surface area contributed by atoms with Gasteiger partial charge >= 0.3 is 18.0 Å². The van der Waals surface area contributed by atoms with Crippen LogP contribution in [-0.2, 0) is 17.8 Å². The molecule has 0 aromatic heterocycles. The van der Waals surface area contributed by atoms with E-state index in [0.29, 0.717) is 60.2 Å². The van der Waals surface area contributed by atoms with Gasteiger partial charge in [0.25, 0.3) is 0 Å². The summed E-state index contributed by atoms with van der Waals surface area (Å²) >= 11 is 0. The Hall–Kier alpha value is -6.02. The Bertz CT molecular complexity index is 1910. The molecule has 2 heterocycles. The lowest BCUT2D eigenvalue weighted by atomic mass is 10.1. The minimum Gasteiger partial charge on any atom is -0.495 e. The van der Waals surface area contributed by atoms with E-state index in [1.165, 1.54) is 55.4 Å². The second kappa shape index (κ2) is 20.9. The fourth-order valence-corrected chi connectivity index (χ4v) is 6.96. The molecule has 14 heteroatoms. The van der Waals surface area contributed by atoms with E-state index in [1.54, 1.807) is 40.1 Å². The third-order valence-corrected chi connectivity index (χ3v) is 10.2. The normalized spacial score (nSPS) is 13.8. The summed E-state index contributed by atoms with van der Waals surface area (Å²) in [5.41, 5.74) is 7.47. The summed E-state index contributed by atoms with van der Waals surface area (Å²) in [4.78, 5) is 56.6. The van der Waals surface area contributed by atoms with Crippen molar-refractivity contribution in [1.82, 2.24) is 9.80 Å². The first-order valence-corrected chi connectivity index (χ1v) is 19.4. The lowest BCUT2D eigenvalue weighted by molar-refractivity contribution is 0.0600. The molecule has 4 aromatic carbocycles. The third kappa shape index (κ3) is 10.7. The van der Waals surface area contributed by atoms with Crippen LogP contribution in [0, 0.1) is 11.6 Å².